The predicted octanol–water partition coefficient (Wildman–Crippen LogP) is 12.5. The first-order valence-electron chi connectivity index (χ1n) is 16.2. The van der Waals surface area contributed by atoms with Crippen molar-refractivity contribution in [3.63, 3.8) is 0 Å². The third-order valence-electron chi connectivity index (χ3n) is 7.89. The van der Waals surface area contributed by atoms with Crippen molar-refractivity contribution < 1.29 is 4.48 Å². The summed E-state index contributed by atoms with van der Waals surface area (Å²) in [6.45, 7) is 24.4. The van der Waals surface area contributed by atoms with E-state index in [1.165, 1.54) is 133 Å². The number of quaternary nitrogens is 1. The van der Waals surface area contributed by atoms with Crippen LogP contribution in [0, 0.1) is 0 Å². The van der Waals surface area contributed by atoms with Gasteiger partial charge >= 0.3 is 0 Å². The molecule has 0 aliphatic heterocycles. The van der Waals surface area contributed by atoms with E-state index in [2.05, 4.69) is 55.4 Å². The number of hydrogen-bond acceptors (Lipinski definition) is 1. The van der Waals surface area contributed by atoms with Gasteiger partial charge in [-0.2, -0.15) is 0 Å². The minimum Gasteiger partial charge on any atom is -0.344 e. The lowest BCUT2D eigenvalue weighted by Crippen LogP contribution is -2.50. The van der Waals surface area contributed by atoms with Crippen molar-refractivity contribution in [1.82, 2.24) is 6.15 Å². The van der Waals surface area contributed by atoms with Crippen LogP contribution in [0.1, 0.15) is 158 Å². The van der Waals surface area contributed by atoms with Gasteiger partial charge in [-0.3, -0.25) is 0 Å². The summed E-state index contributed by atoms with van der Waals surface area (Å²) in [4.78, 5) is 0. The maximum atomic E-state index is 2.36. The zero-order valence-electron chi connectivity index (χ0n) is 27.4. The van der Waals surface area contributed by atoms with Gasteiger partial charge in [0, 0.05) is 7.26 Å². The van der Waals surface area contributed by atoms with Crippen LogP contribution in [0.3, 0.4) is 0 Å². The number of nitrogens with zero attached hydrogens (tertiary/aromatic N) is 1. The Morgan fingerprint density at radius 2 is 0.541 bits per heavy atom. The van der Waals surface area contributed by atoms with Crippen molar-refractivity contribution in [2.75, 3.05) is 50.8 Å². The predicted molar refractivity (Wildman–Crippen MR) is 191 cm³/mol. The molecule has 0 rings (SSSR count). The maximum Gasteiger partial charge on any atom is 0.0786 e. The zero-order chi connectivity index (χ0) is 26.0. The first-order valence-corrected chi connectivity index (χ1v) is 18.7. The lowest BCUT2D eigenvalue weighted by molar-refractivity contribution is -0.929. The number of halogens is 2. The Balaban J connectivity index is -0.000000171. The normalized spacial score (nSPS) is 11.0. The average Bonchev–Trinajstić information content (AvgIpc) is 2.87. The second-order valence-corrected chi connectivity index (χ2v) is 15.8. The van der Waals surface area contributed by atoms with Gasteiger partial charge in [-0.05, 0) is 51.4 Å². The third kappa shape index (κ3) is 27.3. The van der Waals surface area contributed by atoms with Crippen LogP contribution >= 0.6 is 41.2 Å². The van der Waals surface area contributed by atoms with Crippen LogP contribution in [0.2, 0.25) is 0 Å². The first-order chi connectivity index (χ1) is 16.5. The van der Waals surface area contributed by atoms with E-state index < -0.39 is 7.26 Å². The average molecular weight is 681 g/mol. The van der Waals surface area contributed by atoms with Crippen molar-refractivity contribution in [3.8, 4) is 0 Å². The molecular weight excluding hydrogens is 603 g/mol. The SMILES string of the molecule is Br.Br.CCCC[N+](CCCC)(CCCC)CCCC.CCCC[P+](CCCC)(CCCC)CCCC.N. The molecule has 37 heavy (non-hydrogen) atoms. The van der Waals surface area contributed by atoms with Crippen LogP contribution < -0.4 is 6.15 Å². The number of rotatable bonds is 24. The van der Waals surface area contributed by atoms with E-state index in [0.717, 1.165) is 0 Å². The Hall–Kier alpha value is 1.31. The standard InChI is InChI=1S/C16H36N.C16H36P.2BrH.H3N/c2*1-5-9-13-17(14-10-6-2,15-11-7-3)16-12-8-4;;;/h2*5-16H2,1-4H3;2*1H;1H3/q2*+1;;;. The van der Waals surface area contributed by atoms with E-state index in [4.69, 9.17) is 0 Å². The summed E-state index contributed by atoms with van der Waals surface area (Å²) in [5.74, 6) is 0. The molecule has 0 heterocycles. The molecule has 0 spiro atoms. The molecule has 0 aliphatic rings. The van der Waals surface area contributed by atoms with Crippen molar-refractivity contribution in [1.29, 1.82) is 0 Å². The molecule has 2 nitrogen and oxygen atoms in total. The lowest BCUT2D eigenvalue weighted by Gasteiger charge is -2.39. The van der Waals surface area contributed by atoms with Crippen LogP contribution in [-0.4, -0.2) is 55.3 Å². The summed E-state index contributed by atoms with van der Waals surface area (Å²) < 4.78 is 1.42. The fraction of sp³-hybridized carbons (Fsp3) is 1.00. The van der Waals surface area contributed by atoms with Gasteiger partial charge in [0.1, 0.15) is 0 Å². The second-order valence-electron chi connectivity index (χ2n) is 11.3. The van der Waals surface area contributed by atoms with Crippen LogP contribution in [0.5, 0.6) is 0 Å². The Morgan fingerprint density at radius 1 is 0.351 bits per heavy atom. The minimum atomic E-state index is -0.562. The largest absolute Gasteiger partial charge is 0.344 e. The Kier molecular flexibility index (Phi) is 45.9. The smallest absolute Gasteiger partial charge is 0.0786 e. The summed E-state index contributed by atoms with van der Waals surface area (Å²) >= 11 is 0. The van der Waals surface area contributed by atoms with E-state index in [0.29, 0.717) is 0 Å². The van der Waals surface area contributed by atoms with Gasteiger partial charge in [0.2, 0.25) is 0 Å². The molecule has 0 unspecified atom stereocenters. The molecule has 232 valence electrons. The maximum absolute atomic E-state index is 2.36. The van der Waals surface area contributed by atoms with E-state index in [1.807, 2.05) is 0 Å². The highest BCUT2D eigenvalue weighted by atomic mass is 79.9. The van der Waals surface area contributed by atoms with E-state index >= 15 is 0 Å². The molecule has 0 aromatic carbocycles. The Labute approximate surface area is 259 Å². The van der Waals surface area contributed by atoms with E-state index in [9.17, 15) is 0 Å². The molecule has 0 saturated heterocycles. The monoisotopic (exact) mass is 678 g/mol. The summed E-state index contributed by atoms with van der Waals surface area (Å²) in [7, 11) is -0.562. The molecule has 0 atom stereocenters. The highest BCUT2D eigenvalue weighted by Crippen LogP contribution is 2.61. The molecule has 0 radical (unpaired) electrons. The van der Waals surface area contributed by atoms with Gasteiger partial charge in [-0.1, -0.05) is 107 Å². The number of unbranched alkanes of at least 4 members (excludes halogenated alkanes) is 8. The fourth-order valence-electron chi connectivity index (χ4n) is 5.29. The van der Waals surface area contributed by atoms with E-state index in [-0.39, 0.29) is 40.1 Å². The highest BCUT2D eigenvalue weighted by molar-refractivity contribution is 8.93. The zero-order valence-corrected chi connectivity index (χ0v) is 31.7. The van der Waals surface area contributed by atoms with Crippen LogP contribution in [-0.2, 0) is 0 Å². The molecule has 0 aromatic heterocycles. The van der Waals surface area contributed by atoms with Gasteiger partial charge < -0.3 is 10.6 Å². The van der Waals surface area contributed by atoms with E-state index in [1.54, 1.807) is 24.6 Å². The molecule has 0 aromatic rings. The number of hydrogen-bond donors (Lipinski definition) is 1. The summed E-state index contributed by atoms with van der Waals surface area (Å²) in [5, 5.41) is 0. The van der Waals surface area contributed by atoms with Crippen molar-refractivity contribution in [3.05, 3.63) is 0 Å². The molecule has 5 heteroatoms. The molecule has 0 bridgehead atoms. The molecular formula is C32H77Br2N2P+2. The topological polar surface area (TPSA) is 35.0 Å². The summed E-state index contributed by atoms with van der Waals surface area (Å²) in [6, 6.07) is 0. The van der Waals surface area contributed by atoms with Gasteiger partial charge in [0.05, 0.1) is 50.8 Å². The molecule has 0 amide bonds. The third-order valence-corrected chi connectivity index (χ3v) is 12.9. The van der Waals surface area contributed by atoms with Crippen LogP contribution in [0.25, 0.3) is 0 Å². The summed E-state index contributed by atoms with van der Waals surface area (Å²) in [6.07, 6.45) is 29.0. The minimum absolute atomic E-state index is 0. The van der Waals surface area contributed by atoms with Gasteiger partial charge in [-0.15, -0.1) is 34.0 Å². The van der Waals surface area contributed by atoms with Crippen LogP contribution in [0.15, 0.2) is 0 Å². The first kappa shape index (κ1) is 48.1. The van der Waals surface area contributed by atoms with Gasteiger partial charge in [-0.25, -0.2) is 0 Å². The Bertz CT molecular complexity index is 286. The van der Waals surface area contributed by atoms with Crippen molar-refractivity contribution in [2.45, 2.75) is 158 Å². The summed E-state index contributed by atoms with van der Waals surface area (Å²) in [5.41, 5.74) is 0. The van der Waals surface area contributed by atoms with Crippen molar-refractivity contribution in [2.24, 2.45) is 0 Å². The highest BCUT2D eigenvalue weighted by Gasteiger charge is 2.34. The van der Waals surface area contributed by atoms with Gasteiger partial charge in [0.15, 0.2) is 0 Å². The molecule has 3 N–H and O–H groups in total. The Morgan fingerprint density at radius 3 is 0.703 bits per heavy atom. The van der Waals surface area contributed by atoms with Gasteiger partial charge in [0.25, 0.3) is 0 Å². The fourth-order valence-corrected chi connectivity index (χ4v) is 10.6. The quantitative estimate of drug-likeness (QED) is 0.0799. The molecule has 0 saturated carbocycles. The second kappa shape index (κ2) is 35.3. The lowest BCUT2D eigenvalue weighted by atomic mass is 10.1. The van der Waals surface area contributed by atoms with Crippen LogP contribution in [0.4, 0.5) is 0 Å². The molecule has 0 aliphatic carbocycles. The van der Waals surface area contributed by atoms with Crippen molar-refractivity contribution >= 4 is 41.2 Å². The molecule has 0 fully saturated rings.